The lowest BCUT2D eigenvalue weighted by Crippen LogP contribution is -2.15. The molecule has 0 aliphatic rings. The lowest BCUT2D eigenvalue weighted by molar-refractivity contribution is 0.102. The molecule has 1 aromatic carbocycles. The molecular weight excluding hydrogens is 302 g/mol. The minimum Gasteiger partial charge on any atom is -0.497 e. The molecule has 1 aromatic heterocycles. The maximum atomic E-state index is 12.3. The topological polar surface area (TPSA) is 63.2 Å². The van der Waals surface area contributed by atoms with Gasteiger partial charge >= 0.3 is 0 Å². The van der Waals surface area contributed by atoms with E-state index in [9.17, 15) is 4.79 Å². The number of nitrogens with zero attached hydrogens (tertiary/aromatic N) is 1. The number of aromatic nitrogens is 1. The van der Waals surface area contributed by atoms with E-state index in [4.69, 9.17) is 16.3 Å². The van der Waals surface area contributed by atoms with Crippen LogP contribution in [0.15, 0.2) is 36.5 Å². The molecule has 5 nitrogen and oxygen atoms in total. The molecule has 0 spiro atoms. The third-order valence-electron chi connectivity index (χ3n) is 2.71. The van der Waals surface area contributed by atoms with Crippen molar-refractivity contribution in [1.29, 1.82) is 0 Å². The van der Waals surface area contributed by atoms with Crippen molar-refractivity contribution < 1.29 is 9.53 Å². The average molecular weight is 322 g/mol. The zero-order valence-corrected chi connectivity index (χ0v) is 13.9. The number of rotatable bonds is 4. The smallest absolute Gasteiger partial charge is 0.259 e. The second-order valence-corrected chi connectivity index (χ2v) is 4.41. The molecule has 1 amide bonds. The first-order valence-electron chi connectivity index (χ1n) is 6.92. The largest absolute Gasteiger partial charge is 0.497 e. The van der Waals surface area contributed by atoms with E-state index < -0.39 is 0 Å². The van der Waals surface area contributed by atoms with Crippen LogP contribution in [0, 0.1) is 0 Å². The number of methoxy groups -OCH3 is 1. The van der Waals surface area contributed by atoms with Crippen molar-refractivity contribution in [2.24, 2.45) is 0 Å². The molecule has 0 bridgehead atoms. The van der Waals surface area contributed by atoms with Gasteiger partial charge in [-0.3, -0.25) is 4.79 Å². The van der Waals surface area contributed by atoms with Crippen LogP contribution in [-0.2, 0) is 0 Å². The quantitative estimate of drug-likeness (QED) is 0.891. The van der Waals surface area contributed by atoms with Gasteiger partial charge < -0.3 is 15.4 Å². The van der Waals surface area contributed by atoms with Crippen LogP contribution in [0.4, 0.5) is 11.5 Å². The molecule has 22 heavy (non-hydrogen) atoms. The van der Waals surface area contributed by atoms with Gasteiger partial charge in [0.05, 0.1) is 17.7 Å². The lowest BCUT2D eigenvalue weighted by atomic mass is 10.1. The van der Waals surface area contributed by atoms with Crippen LogP contribution in [0.25, 0.3) is 0 Å². The van der Waals surface area contributed by atoms with Crippen molar-refractivity contribution in [3.63, 3.8) is 0 Å². The number of amides is 1. The molecule has 0 radical (unpaired) electrons. The fourth-order valence-electron chi connectivity index (χ4n) is 1.69. The molecule has 2 N–H and O–H groups in total. The predicted molar refractivity (Wildman–Crippen MR) is 91.1 cm³/mol. The van der Waals surface area contributed by atoms with Crippen LogP contribution in [0.1, 0.15) is 24.2 Å². The second-order valence-electron chi connectivity index (χ2n) is 3.98. The summed E-state index contributed by atoms with van der Waals surface area (Å²) >= 11 is 5.75. The highest BCUT2D eigenvalue weighted by atomic mass is 35.5. The van der Waals surface area contributed by atoms with E-state index in [1.54, 1.807) is 44.5 Å². The first-order valence-corrected chi connectivity index (χ1v) is 7.30. The fraction of sp³-hybridized carbons (Fsp3) is 0.250. The lowest BCUT2D eigenvalue weighted by Gasteiger charge is -2.11. The van der Waals surface area contributed by atoms with Gasteiger partial charge in [0.15, 0.2) is 0 Å². The summed E-state index contributed by atoms with van der Waals surface area (Å²) in [5, 5.41) is 6.19. The van der Waals surface area contributed by atoms with Crippen molar-refractivity contribution in [3.05, 3.63) is 47.1 Å². The van der Waals surface area contributed by atoms with Gasteiger partial charge in [0.25, 0.3) is 5.91 Å². The number of hydrogen-bond acceptors (Lipinski definition) is 4. The summed E-state index contributed by atoms with van der Waals surface area (Å²) in [5.41, 5.74) is 1.18. The van der Waals surface area contributed by atoms with Crippen molar-refractivity contribution in [3.8, 4) is 5.75 Å². The molecule has 2 rings (SSSR count). The number of anilines is 2. The van der Waals surface area contributed by atoms with Crippen LogP contribution in [0.5, 0.6) is 5.75 Å². The van der Waals surface area contributed by atoms with Gasteiger partial charge in [-0.1, -0.05) is 25.4 Å². The third-order valence-corrected chi connectivity index (χ3v) is 2.93. The zero-order chi connectivity index (χ0) is 16.5. The van der Waals surface area contributed by atoms with E-state index in [1.165, 1.54) is 6.20 Å². The van der Waals surface area contributed by atoms with Gasteiger partial charge in [-0.25, -0.2) is 4.98 Å². The van der Waals surface area contributed by atoms with Crippen LogP contribution >= 0.6 is 11.6 Å². The van der Waals surface area contributed by atoms with Gasteiger partial charge in [-0.2, -0.15) is 0 Å². The van der Waals surface area contributed by atoms with Crippen LogP contribution in [0.3, 0.4) is 0 Å². The van der Waals surface area contributed by atoms with Crippen LogP contribution < -0.4 is 15.4 Å². The van der Waals surface area contributed by atoms with E-state index in [-0.39, 0.29) is 5.91 Å². The number of hydrogen-bond donors (Lipinski definition) is 2. The fourth-order valence-corrected chi connectivity index (χ4v) is 1.80. The Labute approximate surface area is 135 Å². The van der Waals surface area contributed by atoms with Crippen LogP contribution in [0.2, 0.25) is 5.02 Å². The summed E-state index contributed by atoms with van der Waals surface area (Å²) in [7, 11) is 3.30. The molecule has 0 fully saturated rings. The van der Waals surface area contributed by atoms with Gasteiger partial charge in [-0.15, -0.1) is 0 Å². The number of nitrogens with one attached hydrogen (secondary N) is 2. The van der Waals surface area contributed by atoms with E-state index in [2.05, 4.69) is 15.6 Å². The SMILES string of the molecule is CC.CNc1ccc(OC)cc1C(=O)Nc1ccc(Cl)cn1. The number of halogens is 1. The second kappa shape index (κ2) is 8.89. The highest BCUT2D eigenvalue weighted by Gasteiger charge is 2.13. The van der Waals surface area contributed by atoms with Crippen LogP contribution in [-0.4, -0.2) is 25.0 Å². The molecule has 0 saturated heterocycles. The van der Waals surface area contributed by atoms with Gasteiger partial charge in [-0.05, 0) is 30.3 Å². The Bertz CT molecular complexity index is 615. The van der Waals surface area contributed by atoms with Gasteiger partial charge in [0.1, 0.15) is 11.6 Å². The standard InChI is InChI=1S/C14H14ClN3O2.C2H6/c1-16-12-5-4-10(20-2)7-11(12)14(19)18-13-6-3-9(15)8-17-13;1-2/h3-8,16H,1-2H3,(H,17,18,19);1-2H3. The Hall–Kier alpha value is -2.27. The monoisotopic (exact) mass is 321 g/mol. The number of carbonyl (C=O) groups excluding carboxylic acids is 1. The Kier molecular flexibility index (Phi) is 7.19. The molecule has 118 valence electrons. The summed E-state index contributed by atoms with van der Waals surface area (Å²) in [6.45, 7) is 4.00. The highest BCUT2D eigenvalue weighted by Crippen LogP contribution is 2.22. The predicted octanol–water partition coefficient (Wildman–Crippen LogP) is 4.06. The molecule has 2 aromatic rings. The van der Waals surface area contributed by atoms with E-state index in [1.807, 2.05) is 13.8 Å². The Morgan fingerprint density at radius 2 is 1.95 bits per heavy atom. The van der Waals surface area contributed by atoms with Crippen molar-refractivity contribution in [2.75, 3.05) is 24.8 Å². The summed E-state index contributed by atoms with van der Waals surface area (Å²) in [5.74, 6) is 0.769. The van der Waals surface area contributed by atoms with Gasteiger partial charge in [0, 0.05) is 18.9 Å². The Morgan fingerprint density at radius 3 is 2.50 bits per heavy atom. The third kappa shape index (κ3) is 4.63. The van der Waals surface area contributed by atoms with Gasteiger partial charge in [0.2, 0.25) is 0 Å². The molecule has 0 atom stereocenters. The first kappa shape index (κ1) is 17.8. The maximum absolute atomic E-state index is 12.3. The summed E-state index contributed by atoms with van der Waals surface area (Å²) < 4.78 is 5.13. The molecule has 0 saturated carbocycles. The Morgan fingerprint density at radius 1 is 1.23 bits per heavy atom. The van der Waals surface area contributed by atoms with E-state index >= 15 is 0 Å². The average Bonchev–Trinajstić information content (AvgIpc) is 2.58. The zero-order valence-electron chi connectivity index (χ0n) is 13.1. The molecule has 0 aliphatic heterocycles. The number of pyridine rings is 1. The molecule has 0 unspecified atom stereocenters. The molecule has 0 aliphatic carbocycles. The minimum atomic E-state index is -0.275. The number of benzene rings is 1. The van der Waals surface area contributed by atoms with Crippen molar-refractivity contribution in [1.82, 2.24) is 4.98 Å². The first-order chi connectivity index (χ1) is 10.6. The summed E-state index contributed by atoms with van der Waals surface area (Å²) in [6.07, 6.45) is 1.47. The van der Waals surface area contributed by atoms with E-state index in [0.717, 1.165) is 0 Å². The minimum absolute atomic E-state index is 0.275. The summed E-state index contributed by atoms with van der Waals surface area (Å²) in [6, 6.07) is 8.53. The van der Waals surface area contributed by atoms with E-state index in [0.29, 0.717) is 27.8 Å². The summed E-state index contributed by atoms with van der Waals surface area (Å²) in [4.78, 5) is 16.3. The molecule has 1 heterocycles. The number of ether oxygens (including phenoxy) is 1. The highest BCUT2D eigenvalue weighted by molar-refractivity contribution is 6.30. The molecule has 6 heteroatoms. The Balaban J connectivity index is 0.00000116. The maximum Gasteiger partial charge on any atom is 0.259 e. The molecular formula is C16H20ClN3O2. The number of carbonyl (C=O) groups is 1. The van der Waals surface area contributed by atoms with Crippen molar-refractivity contribution >= 4 is 29.0 Å². The van der Waals surface area contributed by atoms with Crippen molar-refractivity contribution in [2.45, 2.75) is 13.8 Å². The normalized spacial score (nSPS) is 9.32.